The van der Waals surface area contributed by atoms with E-state index in [1.54, 1.807) is 12.4 Å². The number of benzene rings is 1. The molecule has 2 heterocycles. The van der Waals surface area contributed by atoms with Gasteiger partial charge in [0.25, 0.3) is 0 Å². The van der Waals surface area contributed by atoms with E-state index in [0.29, 0.717) is 5.11 Å². The fourth-order valence-electron chi connectivity index (χ4n) is 3.01. The van der Waals surface area contributed by atoms with Crippen LogP contribution >= 0.6 is 12.2 Å². The third-order valence-corrected chi connectivity index (χ3v) is 4.13. The molecule has 0 spiro atoms. The fraction of sp³-hybridized carbons (Fsp3) is 0.125. The van der Waals surface area contributed by atoms with Gasteiger partial charge in [-0.1, -0.05) is 30.3 Å². The Morgan fingerprint density at radius 1 is 1.10 bits per heavy atom. The van der Waals surface area contributed by atoms with E-state index < -0.39 is 0 Å². The number of hydrogen-bond acceptors (Lipinski definition) is 3. The third kappa shape index (κ3) is 1.81. The summed E-state index contributed by atoms with van der Waals surface area (Å²) < 4.78 is 0. The highest BCUT2D eigenvalue weighted by molar-refractivity contribution is 7.80. The average molecular weight is 293 g/mol. The molecule has 1 aromatic heterocycles. The molecule has 4 rings (SSSR count). The Bertz CT molecular complexity index is 785. The zero-order chi connectivity index (χ0) is 14.4. The molecule has 5 heteroatoms. The van der Waals surface area contributed by atoms with Crippen molar-refractivity contribution in [3.05, 3.63) is 65.5 Å². The minimum absolute atomic E-state index is 0.0909. The van der Waals surface area contributed by atoms with Gasteiger partial charge < -0.3 is 5.32 Å². The van der Waals surface area contributed by atoms with Crippen LogP contribution in [0, 0.1) is 5.92 Å². The summed E-state index contributed by atoms with van der Waals surface area (Å²) in [7, 11) is 0. The normalized spacial score (nSPS) is 23.1. The molecule has 0 saturated heterocycles. The van der Waals surface area contributed by atoms with Crippen LogP contribution in [0.25, 0.3) is 0 Å². The lowest BCUT2D eigenvalue weighted by Crippen LogP contribution is -2.41. The molecule has 2 atom stereocenters. The van der Waals surface area contributed by atoms with Gasteiger partial charge in [0, 0.05) is 23.5 Å². The average Bonchev–Trinajstić information content (AvgIpc) is 2.81. The minimum Gasteiger partial charge on any atom is -0.353 e. The number of nitrogens with zero attached hydrogens (tertiary/aromatic N) is 2. The maximum Gasteiger partial charge on any atom is 0.193 e. The first-order valence-electron chi connectivity index (χ1n) is 6.68. The highest BCUT2D eigenvalue weighted by Gasteiger charge is 2.44. The molecule has 2 unspecified atom stereocenters. The number of hydrogen-bond donors (Lipinski definition) is 1. The maximum atomic E-state index is 12.7. The molecule has 0 fully saturated rings. The molecule has 0 amide bonds. The van der Waals surface area contributed by atoms with Crippen LogP contribution in [0.4, 0.5) is 0 Å². The monoisotopic (exact) mass is 293 g/mol. The number of fused-ring (bicyclic) bond motifs is 3. The first kappa shape index (κ1) is 12.3. The van der Waals surface area contributed by atoms with Gasteiger partial charge in [-0.2, -0.15) is 0 Å². The molecule has 2 aromatic rings. The number of pyridine rings is 1. The molecular formula is C16H11N3OS. The van der Waals surface area contributed by atoms with Gasteiger partial charge in [-0.25, -0.2) is 4.99 Å². The van der Waals surface area contributed by atoms with Crippen molar-refractivity contribution in [2.24, 2.45) is 10.9 Å². The Hall–Kier alpha value is -2.40. The Morgan fingerprint density at radius 3 is 2.67 bits per heavy atom. The highest BCUT2D eigenvalue weighted by Crippen LogP contribution is 2.37. The van der Waals surface area contributed by atoms with Crippen LogP contribution in [0.3, 0.4) is 0 Å². The summed E-state index contributed by atoms with van der Waals surface area (Å²) in [4.78, 5) is 21.3. The molecular weight excluding hydrogens is 282 g/mol. The van der Waals surface area contributed by atoms with Crippen molar-refractivity contribution in [2.45, 2.75) is 6.04 Å². The number of Topliss-reactive ketones (excluding diaryl/α,β-unsaturated/α-hetero) is 1. The van der Waals surface area contributed by atoms with E-state index in [1.165, 1.54) is 0 Å². The molecule has 0 bridgehead atoms. The maximum absolute atomic E-state index is 12.7. The van der Waals surface area contributed by atoms with Gasteiger partial charge in [0.05, 0.1) is 17.7 Å². The van der Waals surface area contributed by atoms with Crippen LogP contribution in [-0.2, 0) is 0 Å². The van der Waals surface area contributed by atoms with Crippen LogP contribution in [-0.4, -0.2) is 21.6 Å². The van der Waals surface area contributed by atoms with Crippen LogP contribution in [0.1, 0.15) is 27.5 Å². The predicted molar refractivity (Wildman–Crippen MR) is 83.5 cm³/mol. The minimum atomic E-state index is -0.335. The molecule has 1 aliphatic carbocycles. The van der Waals surface area contributed by atoms with Crippen molar-refractivity contribution in [2.75, 3.05) is 0 Å². The van der Waals surface area contributed by atoms with Crippen LogP contribution in [0.5, 0.6) is 0 Å². The van der Waals surface area contributed by atoms with E-state index in [4.69, 9.17) is 12.2 Å². The number of carbonyl (C=O) groups excluding carboxylic acids is 1. The van der Waals surface area contributed by atoms with Crippen molar-refractivity contribution < 1.29 is 4.79 Å². The van der Waals surface area contributed by atoms with Crippen LogP contribution < -0.4 is 5.32 Å². The number of rotatable bonds is 1. The van der Waals surface area contributed by atoms with E-state index in [9.17, 15) is 4.79 Å². The molecule has 2 aliphatic rings. The summed E-state index contributed by atoms with van der Waals surface area (Å²) in [6.07, 6.45) is 3.48. The van der Waals surface area contributed by atoms with Crippen LogP contribution in [0.15, 0.2) is 53.8 Å². The topological polar surface area (TPSA) is 54.4 Å². The van der Waals surface area contributed by atoms with Gasteiger partial charge in [0.2, 0.25) is 0 Å². The summed E-state index contributed by atoms with van der Waals surface area (Å²) in [5.41, 5.74) is 3.33. The number of aromatic nitrogens is 1. The summed E-state index contributed by atoms with van der Waals surface area (Å²) in [6.45, 7) is 0. The first-order valence-corrected chi connectivity index (χ1v) is 7.09. The zero-order valence-corrected chi connectivity index (χ0v) is 11.8. The molecule has 1 aromatic carbocycles. The Kier molecular flexibility index (Phi) is 2.68. The van der Waals surface area contributed by atoms with Gasteiger partial charge in [-0.3, -0.25) is 9.78 Å². The molecule has 1 N–H and O–H groups in total. The lowest BCUT2D eigenvalue weighted by molar-refractivity contribution is 0.0944. The molecule has 21 heavy (non-hydrogen) atoms. The lowest BCUT2D eigenvalue weighted by Gasteiger charge is -2.28. The van der Waals surface area contributed by atoms with Gasteiger partial charge in [-0.05, 0) is 23.8 Å². The molecule has 0 radical (unpaired) electrons. The van der Waals surface area contributed by atoms with Gasteiger partial charge in [-0.15, -0.1) is 0 Å². The van der Waals surface area contributed by atoms with E-state index in [0.717, 1.165) is 22.4 Å². The molecule has 1 aliphatic heterocycles. The third-order valence-electron chi connectivity index (χ3n) is 3.92. The number of carbonyl (C=O) groups is 1. The fourth-order valence-corrected chi connectivity index (χ4v) is 3.24. The predicted octanol–water partition coefficient (Wildman–Crippen LogP) is 2.31. The number of aliphatic imine (C=N–C) groups is 1. The Balaban J connectivity index is 1.88. The zero-order valence-electron chi connectivity index (χ0n) is 11.0. The highest BCUT2D eigenvalue weighted by atomic mass is 32.1. The standard InChI is InChI=1S/C16H11N3OS/c20-15-11-6-2-1-5-10(11)14-12(15)13(18-16(21)19-14)9-4-3-7-17-8-9/h1-8,12-13H,(H,18,21). The molecule has 102 valence electrons. The lowest BCUT2D eigenvalue weighted by atomic mass is 9.88. The number of nitrogens with one attached hydrogen (secondary N) is 1. The van der Waals surface area contributed by atoms with E-state index in [-0.39, 0.29) is 17.7 Å². The second kappa shape index (κ2) is 4.56. The molecule has 4 nitrogen and oxygen atoms in total. The summed E-state index contributed by atoms with van der Waals surface area (Å²) in [5.74, 6) is -0.244. The van der Waals surface area contributed by atoms with Crippen LogP contribution in [0.2, 0.25) is 0 Å². The number of thiocarbonyl (C=S) groups is 1. The van der Waals surface area contributed by atoms with E-state index in [1.807, 2.05) is 36.4 Å². The van der Waals surface area contributed by atoms with Gasteiger partial charge in [0.1, 0.15) is 0 Å². The van der Waals surface area contributed by atoms with Crippen molar-refractivity contribution >= 4 is 28.8 Å². The van der Waals surface area contributed by atoms with E-state index in [2.05, 4.69) is 15.3 Å². The van der Waals surface area contributed by atoms with Crippen molar-refractivity contribution in [3.8, 4) is 0 Å². The van der Waals surface area contributed by atoms with E-state index >= 15 is 0 Å². The second-order valence-corrected chi connectivity index (χ2v) is 5.48. The first-order chi connectivity index (χ1) is 10.3. The SMILES string of the molecule is O=C1c2ccccc2C2=NC(=S)NC(c3cccnc3)C12. The largest absolute Gasteiger partial charge is 0.353 e. The summed E-state index contributed by atoms with van der Waals surface area (Å²) in [6, 6.07) is 11.2. The molecule has 0 saturated carbocycles. The Morgan fingerprint density at radius 2 is 1.90 bits per heavy atom. The second-order valence-electron chi connectivity index (χ2n) is 5.10. The number of ketones is 1. The van der Waals surface area contributed by atoms with Gasteiger partial charge in [0.15, 0.2) is 10.9 Å². The van der Waals surface area contributed by atoms with Crippen molar-refractivity contribution in [1.82, 2.24) is 10.3 Å². The van der Waals surface area contributed by atoms with Crippen molar-refractivity contribution in [3.63, 3.8) is 0 Å². The quantitative estimate of drug-likeness (QED) is 0.820. The van der Waals surface area contributed by atoms with Crippen molar-refractivity contribution in [1.29, 1.82) is 0 Å². The summed E-state index contributed by atoms with van der Waals surface area (Å²) in [5, 5.41) is 3.57. The summed E-state index contributed by atoms with van der Waals surface area (Å²) >= 11 is 5.24. The van der Waals surface area contributed by atoms with Gasteiger partial charge >= 0.3 is 0 Å². The smallest absolute Gasteiger partial charge is 0.193 e. The Labute approximate surface area is 126 Å².